The lowest BCUT2D eigenvalue weighted by molar-refractivity contribution is -0.138. The highest BCUT2D eigenvalue weighted by molar-refractivity contribution is 6.06. The molecular formula is C22H22F5N5O. The minimum Gasteiger partial charge on any atom is -0.451 e. The van der Waals surface area contributed by atoms with Gasteiger partial charge in [0.25, 0.3) is 0 Å². The molecule has 6 nitrogen and oxygen atoms in total. The Kier molecular flexibility index (Phi) is 5.67. The third-order valence-corrected chi connectivity index (χ3v) is 5.89. The topological polar surface area (TPSA) is 89.2 Å². The summed E-state index contributed by atoms with van der Waals surface area (Å²) in [6.07, 6.45) is -0.697. The molecular weight excluding hydrogens is 445 g/mol. The van der Waals surface area contributed by atoms with E-state index in [-0.39, 0.29) is 29.8 Å². The Morgan fingerprint density at radius 1 is 1.03 bits per heavy atom. The number of hydrogen-bond donors (Lipinski definition) is 2. The molecule has 176 valence electrons. The summed E-state index contributed by atoms with van der Waals surface area (Å²) in [7, 11) is 0. The highest BCUT2D eigenvalue weighted by atomic mass is 19.4. The molecule has 0 saturated heterocycles. The lowest BCUT2D eigenvalue weighted by atomic mass is 9.87. The maximum atomic E-state index is 14.4. The number of halogens is 5. The van der Waals surface area contributed by atoms with Crippen molar-refractivity contribution in [2.75, 3.05) is 4.90 Å². The van der Waals surface area contributed by atoms with E-state index in [1.807, 2.05) is 0 Å². The van der Waals surface area contributed by atoms with Crippen molar-refractivity contribution in [2.24, 2.45) is 21.5 Å². The zero-order chi connectivity index (χ0) is 24.0. The van der Waals surface area contributed by atoms with Crippen molar-refractivity contribution in [3.8, 4) is 11.5 Å². The van der Waals surface area contributed by atoms with Crippen LogP contribution in [0.4, 0.5) is 27.6 Å². The van der Waals surface area contributed by atoms with Crippen LogP contribution in [-0.4, -0.2) is 17.6 Å². The number of anilines is 1. The molecule has 33 heavy (non-hydrogen) atoms. The van der Waals surface area contributed by atoms with Gasteiger partial charge in [-0.15, -0.1) is 0 Å². The second kappa shape index (κ2) is 8.20. The van der Waals surface area contributed by atoms with E-state index in [0.29, 0.717) is 24.1 Å². The standard InChI is InChI=1S/C22H22F5N5O/c1-12-16(32-20(29)30-19(28)31-21(32)8-3-2-4-9-21)6-5-7-17(12)33-18-14(23)10-13(11-15(18)24)22(25,26)27/h5-7,10-11H,2-4,8-9H2,1H3,(H4,28,29,30,31). The molecule has 1 aliphatic carbocycles. The number of benzene rings is 2. The van der Waals surface area contributed by atoms with Gasteiger partial charge in [0.05, 0.1) is 11.3 Å². The Morgan fingerprint density at radius 2 is 1.67 bits per heavy atom. The first-order valence-electron chi connectivity index (χ1n) is 10.4. The van der Waals surface area contributed by atoms with Gasteiger partial charge in [-0.05, 0) is 56.9 Å². The summed E-state index contributed by atoms with van der Waals surface area (Å²) in [5.41, 5.74) is 10.9. The highest BCUT2D eigenvalue weighted by Crippen LogP contribution is 2.43. The molecule has 11 heteroatoms. The van der Waals surface area contributed by atoms with Crippen LogP contribution in [0.1, 0.15) is 43.2 Å². The van der Waals surface area contributed by atoms with Gasteiger partial charge in [0.15, 0.2) is 17.4 Å². The van der Waals surface area contributed by atoms with Gasteiger partial charge >= 0.3 is 6.18 Å². The molecule has 4 N–H and O–H groups in total. The maximum Gasteiger partial charge on any atom is 0.416 e. The van der Waals surface area contributed by atoms with E-state index >= 15 is 0 Å². The first-order valence-corrected chi connectivity index (χ1v) is 10.4. The van der Waals surface area contributed by atoms with Gasteiger partial charge in [0.1, 0.15) is 11.4 Å². The van der Waals surface area contributed by atoms with Crippen molar-refractivity contribution in [3.63, 3.8) is 0 Å². The molecule has 1 spiro atoms. The molecule has 0 atom stereocenters. The second-order valence-electron chi connectivity index (χ2n) is 8.09. The molecule has 0 amide bonds. The molecule has 0 aromatic heterocycles. The second-order valence-corrected chi connectivity index (χ2v) is 8.09. The fourth-order valence-electron chi connectivity index (χ4n) is 4.36. The number of nitrogens with zero attached hydrogens (tertiary/aromatic N) is 3. The fraction of sp³-hybridized carbons (Fsp3) is 0.364. The van der Waals surface area contributed by atoms with E-state index < -0.39 is 34.8 Å². The summed E-state index contributed by atoms with van der Waals surface area (Å²) < 4.78 is 72.7. The van der Waals surface area contributed by atoms with Crippen molar-refractivity contribution in [2.45, 2.75) is 50.9 Å². The maximum absolute atomic E-state index is 14.4. The highest BCUT2D eigenvalue weighted by Gasteiger charge is 2.43. The van der Waals surface area contributed by atoms with Crippen LogP contribution in [0.5, 0.6) is 11.5 Å². The number of ether oxygens (including phenoxy) is 1. The van der Waals surface area contributed by atoms with Crippen LogP contribution in [-0.2, 0) is 6.18 Å². The number of guanidine groups is 2. The zero-order valence-electron chi connectivity index (χ0n) is 17.7. The van der Waals surface area contributed by atoms with Gasteiger partial charge in [-0.1, -0.05) is 12.5 Å². The van der Waals surface area contributed by atoms with Crippen LogP contribution >= 0.6 is 0 Å². The van der Waals surface area contributed by atoms with Crippen LogP contribution in [0.25, 0.3) is 0 Å². The third-order valence-electron chi connectivity index (χ3n) is 5.89. The average molecular weight is 467 g/mol. The molecule has 2 aromatic rings. The van der Waals surface area contributed by atoms with E-state index in [1.165, 1.54) is 6.07 Å². The van der Waals surface area contributed by atoms with E-state index in [4.69, 9.17) is 16.2 Å². The van der Waals surface area contributed by atoms with Crippen LogP contribution in [0, 0.1) is 18.6 Å². The molecule has 1 fully saturated rings. The molecule has 2 aromatic carbocycles. The minimum atomic E-state index is -4.89. The summed E-state index contributed by atoms with van der Waals surface area (Å²) in [6.45, 7) is 1.65. The number of nitrogens with two attached hydrogens (primary N) is 2. The van der Waals surface area contributed by atoms with Crippen LogP contribution in [0.2, 0.25) is 0 Å². The van der Waals surface area contributed by atoms with Crippen LogP contribution in [0.3, 0.4) is 0 Å². The summed E-state index contributed by atoms with van der Waals surface area (Å²) in [4.78, 5) is 10.4. The third kappa shape index (κ3) is 4.19. The summed E-state index contributed by atoms with van der Waals surface area (Å²) in [5.74, 6) is -3.62. The first-order chi connectivity index (χ1) is 15.5. The van der Waals surface area contributed by atoms with Gasteiger partial charge in [-0.25, -0.2) is 13.8 Å². The Balaban J connectivity index is 1.74. The van der Waals surface area contributed by atoms with Crippen LogP contribution < -0.4 is 21.1 Å². The number of alkyl halides is 3. The van der Waals surface area contributed by atoms with Gasteiger partial charge < -0.3 is 16.2 Å². The van der Waals surface area contributed by atoms with Gasteiger partial charge in [-0.3, -0.25) is 4.90 Å². The number of hydrogen-bond acceptors (Lipinski definition) is 6. The van der Waals surface area contributed by atoms with Gasteiger partial charge in [0.2, 0.25) is 11.9 Å². The first kappa shape index (κ1) is 22.8. The Hall–Kier alpha value is -3.37. The molecule has 2 aliphatic rings. The van der Waals surface area contributed by atoms with Crippen LogP contribution in [0.15, 0.2) is 40.3 Å². The molecule has 0 bridgehead atoms. The summed E-state index contributed by atoms with van der Waals surface area (Å²) in [5, 5.41) is 0. The Morgan fingerprint density at radius 3 is 2.27 bits per heavy atom. The van der Waals surface area contributed by atoms with Crippen molar-refractivity contribution >= 4 is 17.6 Å². The van der Waals surface area contributed by atoms with Crippen molar-refractivity contribution < 1.29 is 26.7 Å². The predicted octanol–water partition coefficient (Wildman–Crippen LogP) is 5.19. The zero-order valence-corrected chi connectivity index (χ0v) is 17.7. The van der Waals surface area contributed by atoms with E-state index in [9.17, 15) is 22.0 Å². The molecule has 0 radical (unpaired) electrons. The van der Waals surface area contributed by atoms with E-state index in [2.05, 4.69) is 9.98 Å². The molecule has 1 aliphatic heterocycles. The smallest absolute Gasteiger partial charge is 0.416 e. The van der Waals surface area contributed by atoms with Crippen molar-refractivity contribution in [3.05, 3.63) is 53.1 Å². The SMILES string of the molecule is Cc1c(Oc2c(F)cc(C(F)(F)F)cc2F)cccc1N1C(N)=NC(N)=NC12CCCCC2. The lowest BCUT2D eigenvalue weighted by Crippen LogP contribution is -2.58. The molecule has 0 unspecified atom stereocenters. The largest absolute Gasteiger partial charge is 0.451 e. The number of rotatable bonds is 3. The Labute approximate surface area is 186 Å². The average Bonchev–Trinajstić information content (AvgIpc) is 2.72. The lowest BCUT2D eigenvalue weighted by Gasteiger charge is -2.46. The van der Waals surface area contributed by atoms with Crippen molar-refractivity contribution in [1.29, 1.82) is 0 Å². The molecule has 4 rings (SSSR count). The quantitative estimate of drug-likeness (QED) is 0.608. The monoisotopic (exact) mass is 467 g/mol. The number of aliphatic imine (C=N–C) groups is 2. The van der Waals surface area contributed by atoms with Gasteiger partial charge in [0, 0.05) is 5.56 Å². The Bertz CT molecular complexity index is 1120. The van der Waals surface area contributed by atoms with Crippen molar-refractivity contribution in [1.82, 2.24) is 0 Å². The van der Waals surface area contributed by atoms with E-state index in [1.54, 1.807) is 24.0 Å². The fourth-order valence-corrected chi connectivity index (χ4v) is 4.36. The summed E-state index contributed by atoms with van der Waals surface area (Å²) in [6, 6.07) is 5.17. The van der Waals surface area contributed by atoms with Gasteiger partial charge in [-0.2, -0.15) is 18.2 Å². The van der Waals surface area contributed by atoms with E-state index in [0.717, 1.165) is 19.3 Å². The minimum absolute atomic E-state index is 0.0475. The molecule has 1 saturated carbocycles. The molecule has 1 heterocycles. The summed E-state index contributed by atoms with van der Waals surface area (Å²) >= 11 is 0. The predicted molar refractivity (Wildman–Crippen MR) is 114 cm³/mol. The normalized spacial score (nSPS) is 18.2.